The Kier molecular flexibility index (Phi) is 13.3. The number of methoxy groups -OCH3 is 2. The third-order valence-corrected chi connectivity index (χ3v) is 10.4. The van der Waals surface area contributed by atoms with E-state index < -0.39 is 47.4 Å². The van der Waals surface area contributed by atoms with Gasteiger partial charge in [0.05, 0.1) is 31.0 Å². The summed E-state index contributed by atoms with van der Waals surface area (Å²) in [6.07, 6.45) is 9.14. The van der Waals surface area contributed by atoms with Gasteiger partial charge in [0.2, 0.25) is 23.6 Å². The number of rotatable bonds is 14. The summed E-state index contributed by atoms with van der Waals surface area (Å²) in [5.41, 5.74) is 5.79. The average molecular weight is 716 g/mol. The van der Waals surface area contributed by atoms with Gasteiger partial charge in [-0.15, -0.1) is 0 Å². The Bertz CT molecular complexity index is 1460. The molecule has 3 fully saturated rings. The molecule has 2 saturated carbocycles. The normalized spacial score (nSPS) is 21.1. The van der Waals surface area contributed by atoms with Crippen LogP contribution in [0.25, 0.3) is 0 Å². The molecule has 13 heteroatoms. The Labute approximate surface area is 300 Å². The molecule has 0 spiro atoms. The molecule has 0 aromatic heterocycles. The summed E-state index contributed by atoms with van der Waals surface area (Å²) in [6, 6.07) is 0.260. The summed E-state index contributed by atoms with van der Waals surface area (Å²) in [7, 11) is 2.95. The molecule has 1 saturated heterocycles. The lowest BCUT2D eigenvalue weighted by molar-refractivity contribution is -0.144. The molecular formula is C37H54ClN5O7. The van der Waals surface area contributed by atoms with E-state index in [0.29, 0.717) is 35.5 Å². The van der Waals surface area contributed by atoms with Crippen LogP contribution in [0.5, 0.6) is 11.5 Å². The van der Waals surface area contributed by atoms with Crippen molar-refractivity contribution < 1.29 is 33.8 Å². The summed E-state index contributed by atoms with van der Waals surface area (Å²) in [6.45, 7) is 5.62. The van der Waals surface area contributed by atoms with Crippen molar-refractivity contribution in [2.45, 2.75) is 116 Å². The van der Waals surface area contributed by atoms with Gasteiger partial charge in [-0.2, -0.15) is 0 Å². The number of aliphatic hydroxyl groups is 1. The monoisotopic (exact) mass is 715 g/mol. The summed E-state index contributed by atoms with van der Waals surface area (Å²) in [5, 5.41) is 25.6. The number of likely N-dealkylation sites (tertiary alicyclic amines) is 1. The van der Waals surface area contributed by atoms with Crippen LogP contribution < -0.4 is 25.8 Å². The molecule has 0 bridgehead atoms. The number of allylic oxidation sites excluding steroid dienone is 1. The number of primary amides is 1. The van der Waals surface area contributed by atoms with Crippen LogP contribution in [0.3, 0.4) is 0 Å². The van der Waals surface area contributed by atoms with E-state index in [1.54, 1.807) is 18.2 Å². The second-order valence-corrected chi connectivity index (χ2v) is 15.6. The number of halogens is 1. The highest BCUT2D eigenvalue weighted by molar-refractivity contribution is 6.32. The molecule has 3 aliphatic rings. The second kappa shape index (κ2) is 17.0. The Morgan fingerprint density at radius 2 is 1.66 bits per heavy atom. The van der Waals surface area contributed by atoms with Crippen LogP contribution in [-0.2, 0) is 19.2 Å². The maximum atomic E-state index is 14.5. The Morgan fingerprint density at radius 3 is 2.22 bits per heavy atom. The van der Waals surface area contributed by atoms with E-state index in [-0.39, 0.29) is 41.4 Å². The standard InChI is InChI=1S/C37H54ClN5O7/c1-37(2,3)33(42-31(44)17-21-10-8-6-7-9-11-21)36(48)43-20-23(14-26(39)24-18-25(38)30(50-5)19-29(24)49-4)16-28(43)35(47)41-27(15-22-12-13-22)32(45)34(40)46/h14,18-19,21-22,27-28,32-33,39,45H,6-13,15-17,20H2,1-5H3,(H2,40,46)(H,41,47)(H,42,44)/b23-14-,39-26?/t27?,28-,32?,33+/m0/s1. The van der Waals surface area contributed by atoms with E-state index in [1.807, 2.05) is 20.8 Å². The Morgan fingerprint density at radius 1 is 1.02 bits per heavy atom. The number of hydrogen-bond acceptors (Lipinski definition) is 8. The van der Waals surface area contributed by atoms with Crippen molar-refractivity contribution in [2.75, 3.05) is 20.8 Å². The SMILES string of the molecule is COc1cc(OC)c(C(=N)/C=C2/C[C@@H](C(=O)NC(CC3CC3)C(O)C(N)=O)N(C(=O)[C@@H](NC(=O)CC3CCCCCC3)C(C)(C)C)C2)cc1Cl. The first-order valence-electron chi connectivity index (χ1n) is 17.7. The van der Waals surface area contributed by atoms with Gasteiger partial charge in [0.15, 0.2) is 6.10 Å². The van der Waals surface area contributed by atoms with Crippen molar-refractivity contribution in [3.8, 4) is 11.5 Å². The van der Waals surface area contributed by atoms with Crippen LogP contribution in [-0.4, -0.2) is 84.3 Å². The van der Waals surface area contributed by atoms with Crippen molar-refractivity contribution in [3.05, 3.63) is 34.4 Å². The molecular weight excluding hydrogens is 662 g/mol. The van der Waals surface area contributed by atoms with E-state index in [1.165, 1.54) is 32.0 Å². The zero-order valence-electron chi connectivity index (χ0n) is 30.0. The summed E-state index contributed by atoms with van der Waals surface area (Å²) >= 11 is 6.38. The quantitative estimate of drug-likeness (QED) is 0.141. The van der Waals surface area contributed by atoms with E-state index in [2.05, 4.69) is 10.6 Å². The molecule has 1 aromatic rings. The molecule has 6 N–H and O–H groups in total. The van der Waals surface area contributed by atoms with Crippen molar-refractivity contribution >= 4 is 40.9 Å². The third-order valence-electron chi connectivity index (χ3n) is 10.1. The highest BCUT2D eigenvalue weighted by atomic mass is 35.5. The lowest BCUT2D eigenvalue weighted by Crippen LogP contribution is -2.59. The summed E-state index contributed by atoms with van der Waals surface area (Å²) in [4.78, 5) is 55.3. The lowest BCUT2D eigenvalue weighted by Gasteiger charge is -2.36. The predicted molar refractivity (Wildman–Crippen MR) is 191 cm³/mol. The first-order chi connectivity index (χ1) is 23.6. The van der Waals surface area contributed by atoms with Gasteiger partial charge in [0.25, 0.3) is 0 Å². The molecule has 4 rings (SSSR count). The number of nitrogens with two attached hydrogens (primary N) is 1. The van der Waals surface area contributed by atoms with Crippen molar-refractivity contribution in [1.29, 1.82) is 5.41 Å². The molecule has 1 heterocycles. The number of hydrogen-bond donors (Lipinski definition) is 5. The van der Waals surface area contributed by atoms with Crippen molar-refractivity contribution in [2.24, 2.45) is 23.0 Å². The predicted octanol–water partition coefficient (Wildman–Crippen LogP) is 4.27. The number of benzene rings is 1. The molecule has 2 aliphatic carbocycles. The fourth-order valence-electron chi connectivity index (χ4n) is 7.00. The van der Waals surface area contributed by atoms with Crippen LogP contribution in [0.2, 0.25) is 5.02 Å². The lowest BCUT2D eigenvalue weighted by atomic mass is 9.85. The molecule has 12 nitrogen and oxygen atoms in total. The minimum Gasteiger partial charge on any atom is -0.496 e. The van der Waals surface area contributed by atoms with Gasteiger partial charge in [-0.05, 0) is 60.6 Å². The zero-order chi connectivity index (χ0) is 36.7. The largest absolute Gasteiger partial charge is 0.496 e. The van der Waals surface area contributed by atoms with Gasteiger partial charge >= 0.3 is 0 Å². The molecule has 1 aromatic carbocycles. The summed E-state index contributed by atoms with van der Waals surface area (Å²) < 4.78 is 10.8. The molecule has 2 unspecified atom stereocenters. The van der Waals surface area contributed by atoms with Crippen LogP contribution in [0.4, 0.5) is 0 Å². The molecule has 4 atom stereocenters. The van der Waals surface area contributed by atoms with Gasteiger partial charge in [-0.3, -0.25) is 19.2 Å². The number of nitrogens with zero attached hydrogens (tertiary/aromatic N) is 1. The van der Waals surface area contributed by atoms with Crippen LogP contribution >= 0.6 is 11.6 Å². The van der Waals surface area contributed by atoms with E-state index in [9.17, 15) is 24.3 Å². The maximum Gasteiger partial charge on any atom is 0.248 e. The molecule has 1 aliphatic heterocycles. The van der Waals surface area contributed by atoms with Gasteiger partial charge in [-0.1, -0.05) is 70.9 Å². The number of carbonyl (C=O) groups excluding carboxylic acids is 4. The van der Waals surface area contributed by atoms with Gasteiger partial charge < -0.3 is 41.3 Å². The minimum absolute atomic E-state index is 0.0161. The highest BCUT2D eigenvalue weighted by Crippen LogP contribution is 2.36. The van der Waals surface area contributed by atoms with E-state index >= 15 is 0 Å². The zero-order valence-corrected chi connectivity index (χ0v) is 30.7. The average Bonchev–Trinajstić information content (AvgIpc) is 3.84. The topological polar surface area (TPSA) is 184 Å². The first-order valence-corrected chi connectivity index (χ1v) is 18.1. The number of ether oxygens (including phenoxy) is 2. The van der Waals surface area contributed by atoms with Crippen LogP contribution in [0, 0.1) is 22.7 Å². The smallest absolute Gasteiger partial charge is 0.248 e. The minimum atomic E-state index is -1.59. The highest BCUT2D eigenvalue weighted by Gasteiger charge is 2.44. The number of aliphatic hydroxyl groups excluding tert-OH is 1. The van der Waals surface area contributed by atoms with Crippen LogP contribution in [0.1, 0.15) is 97.0 Å². The second-order valence-electron chi connectivity index (χ2n) is 15.2. The third kappa shape index (κ3) is 10.2. The fourth-order valence-corrected chi connectivity index (χ4v) is 7.24. The van der Waals surface area contributed by atoms with E-state index in [0.717, 1.165) is 38.5 Å². The van der Waals surface area contributed by atoms with Crippen molar-refractivity contribution in [3.63, 3.8) is 0 Å². The summed E-state index contributed by atoms with van der Waals surface area (Å²) in [5.74, 6) is -0.852. The van der Waals surface area contributed by atoms with Gasteiger partial charge in [0, 0.05) is 24.6 Å². The molecule has 0 radical (unpaired) electrons. The van der Waals surface area contributed by atoms with Gasteiger partial charge in [-0.25, -0.2) is 0 Å². The first kappa shape index (κ1) is 39.2. The van der Waals surface area contributed by atoms with Crippen LogP contribution in [0.15, 0.2) is 23.8 Å². The molecule has 50 heavy (non-hydrogen) atoms. The number of carbonyl (C=O) groups is 4. The van der Waals surface area contributed by atoms with Crippen molar-refractivity contribution in [1.82, 2.24) is 15.5 Å². The van der Waals surface area contributed by atoms with Gasteiger partial charge in [0.1, 0.15) is 23.6 Å². The maximum absolute atomic E-state index is 14.5. The number of amides is 4. The molecule has 276 valence electrons. The number of nitrogens with one attached hydrogen (secondary N) is 3. The fraction of sp³-hybridized carbons (Fsp3) is 0.649. The Balaban J connectivity index is 1.64. The Hall–Kier alpha value is -3.64. The molecule has 4 amide bonds. The van der Waals surface area contributed by atoms with E-state index in [4.69, 9.17) is 32.2 Å².